The molecule has 1 rings (SSSR count). The van der Waals surface area contributed by atoms with Gasteiger partial charge in [-0.05, 0) is 26.2 Å². The van der Waals surface area contributed by atoms with Gasteiger partial charge in [-0.15, -0.1) is 0 Å². The van der Waals surface area contributed by atoms with Gasteiger partial charge in [0.25, 0.3) is 0 Å². The fourth-order valence-electron chi connectivity index (χ4n) is 2.85. The fraction of sp³-hybridized carbons (Fsp3) is 0.875. The van der Waals surface area contributed by atoms with Crippen molar-refractivity contribution < 1.29 is 9.59 Å². The number of carbonyl (C=O) groups is 2. The maximum absolute atomic E-state index is 12.7. The van der Waals surface area contributed by atoms with Crippen LogP contribution in [0.3, 0.4) is 0 Å². The molecule has 0 radical (unpaired) electrons. The highest BCUT2D eigenvalue weighted by molar-refractivity contribution is 5.87. The minimum atomic E-state index is -0.271. The van der Waals surface area contributed by atoms with Crippen molar-refractivity contribution in [3.63, 3.8) is 0 Å². The topological polar surface area (TPSA) is 40.6 Å². The average Bonchev–Trinajstić information content (AvgIpc) is 2.45. The first-order valence-electron chi connectivity index (χ1n) is 8.16. The summed E-state index contributed by atoms with van der Waals surface area (Å²) in [5.41, 5.74) is 0. The molecule has 0 bridgehead atoms. The van der Waals surface area contributed by atoms with Crippen LogP contribution in [0.5, 0.6) is 0 Å². The number of likely N-dealkylation sites (N-methyl/N-ethyl adjacent to an activating group) is 2. The van der Waals surface area contributed by atoms with Gasteiger partial charge in [-0.2, -0.15) is 0 Å². The Kier molecular flexibility index (Phi) is 7.63. The minimum absolute atomic E-state index is 0.119. The Morgan fingerprint density at radius 1 is 1.05 bits per heavy atom. The van der Waals surface area contributed by atoms with E-state index >= 15 is 0 Å². The third-order valence-corrected chi connectivity index (χ3v) is 4.22. The molecule has 1 aliphatic heterocycles. The first-order chi connectivity index (χ1) is 9.61. The normalized spacial score (nSPS) is 23.4. The maximum atomic E-state index is 12.7. The van der Waals surface area contributed by atoms with E-state index in [1.807, 2.05) is 11.8 Å². The smallest absolute Gasteiger partial charge is 0.245 e. The SMILES string of the molecule is CCCC1C(=O)N(CC)CCCCCCCC(=O)N1C. The van der Waals surface area contributed by atoms with Crippen LogP contribution >= 0.6 is 0 Å². The van der Waals surface area contributed by atoms with Gasteiger partial charge in [0.1, 0.15) is 6.04 Å². The van der Waals surface area contributed by atoms with E-state index in [4.69, 9.17) is 0 Å². The Hall–Kier alpha value is -1.06. The van der Waals surface area contributed by atoms with Gasteiger partial charge in [-0.3, -0.25) is 9.59 Å². The summed E-state index contributed by atoms with van der Waals surface area (Å²) in [5, 5.41) is 0. The van der Waals surface area contributed by atoms with Crippen molar-refractivity contribution in [2.75, 3.05) is 20.1 Å². The highest BCUT2D eigenvalue weighted by Crippen LogP contribution is 2.15. The molecule has 0 N–H and O–H groups in total. The number of amides is 2. The Labute approximate surface area is 123 Å². The molecule has 0 aromatic rings. The van der Waals surface area contributed by atoms with Crippen LogP contribution in [0, 0.1) is 0 Å². The quantitative estimate of drug-likeness (QED) is 0.798. The van der Waals surface area contributed by atoms with Crippen LogP contribution in [-0.2, 0) is 9.59 Å². The van der Waals surface area contributed by atoms with E-state index in [1.54, 1.807) is 11.9 Å². The molecule has 0 aromatic carbocycles. The summed E-state index contributed by atoms with van der Waals surface area (Å²) in [7, 11) is 1.79. The predicted molar refractivity (Wildman–Crippen MR) is 81.4 cm³/mol. The van der Waals surface area contributed by atoms with Gasteiger partial charge in [0.05, 0.1) is 0 Å². The molecule has 116 valence electrons. The van der Waals surface area contributed by atoms with E-state index in [0.717, 1.165) is 51.6 Å². The van der Waals surface area contributed by atoms with Gasteiger partial charge in [-0.25, -0.2) is 0 Å². The number of hydrogen-bond acceptors (Lipinski definition) is 2. The number of carbonyl (C=O) groups excluding carboxylic acids is 2. The van der Waals surface area contributed by atoms with Gasteiger partial charge >= 0.3 is 0 Å². The maximum Gasteiger partial charge on any atom is 0.245 e. The zero-order valence-electron chi connectivity index (χ0n) is 13.4. The van der Waals surface area contributed by atoms with Crippen LogP contribution in [-0.4, -0.2) is 47.8 Å². The fourth-order valence-corrected chi connectivity index (χ4v) is 2.85. The molecule has 1 atom stereocenters. The van der Waals surface area contributed by atoms with Crippen LogP contribution in [0.15, 0.2) is 0 Å². The summed E-state index contributed by atoms with van der Waals surface area (Å²) in [6.07, 6.45) is 7.74. The number of hydrogen-bond donors (Lipinski definition) is 0. The summed E-state index contributed by atoms with van der Waals surface area (Å²) in [6.45, 7) is 5.66. The molecular formula is C16H30N2O2. The monoisotopic (exact) mass is 282 g/mol. The molecule has 20 heavy (non-hydrogen) atoms. The van der Waals surface area contributed by atoms with E-state index in [1.165, 1.54) is 6.42 Å². The largest absolute Gasteiger partial charge is 0.341 e. The van der Waals surface area contributed by atoms with Crippen molar-refractivity contribution >= 4 is 11.8 Å². The molecular weight excluding hydrogens is 252 g/mol. The molecule has 0 spiro atoms. The van der Waals surface area contributed by atoms with Crippen LogP contribution < -0.4 is 0 Å². The highest BCUT2D eigenvalue weighted by Gasteiger charge is 2.29. The predicted octanol–water partition coefficient (Wildman–Crippen LogP) is 2.82. The molecule has 0 saturated carbocycles. The molecule has 4 heteroatoms. The van der Waals surface area contributed by atoms with Crippen molar-refractivity contribution in [2.45, 2.75) is 71.3 Å². The summed E-state index contributed by atoms with van der Waals surface area (Å²) < 4.78 is 0. The second kappa shape index (κ2) is 8.98. The first kappa shape index (κ1) is 17.0. The van der Waals surface area contributed by atoms with Crippen molar-refractivity contribution in [2.24, 2.45) is 0 Å². The van der Waals surface area contributed by atoms with Crippen molar-refractivity contribution in [3.05, 3.63) is 0 Å². The molecule has 1 aliphatic rings. The molecule has 1 heterocycles. The number of nitrogens with zero attached hydrogens (tertiary/aromatic N) is 2. The lowest BCUT2D eigenvalue weighted by atomic mass is 10.0. The molecule has 1 fully saturated rings. The first-order valence-corrected chi connectivity index (χ1v) is 8.16. The van der Waals surface area contributed by atoms with E-state index < -0.39 is 0 Å². The van der Waals surface area contributed by atoms with Gasteiger partial charge in [0, 0.05) is 26.6 Å². The summed E-state index contributed by atoms with van der Waals surface area (Å²) in [6, 6.07) is -0.271. The van der Waals surface area contributed by atoms with Crippen LogP contribution in [0.1, 0.15) is 65.2 Å². The lowest BCUT2D eigenvalue weighted by Crippen LogP contribution is -2.49. The summed E-state index contributed by atoms with van der Waals surface area (Å²) >= 11 is 0. The van der Waals surface area contributed by atoms with Crippen LogP contribution in [0.25, 0.3) is 0 Å². The molecule has 2 amide bonds. The summed E-state index contributed by atoms with van der Waals surface area (Å²) in [4.78, 5) is 28.5. The average molecular weight is 282 g/mol. The van der Waals surface area contributed by atoms with Crippen molar-refractivity contribution in [1.82, 2.24) is 9.80 Å². The van der Waals surface area contributed by atoms with Crippen molar-refractivity contribution in [3.8, 4) is 0 Å². The molecule has 4 nitrogen and oxygen atoms in total. The minimum Gasteiger partial charge on any atom is -0.341 e. The van der Waals surface area contributed by atoms with E-state index in [0.29, 0.717) is 6.42 Å². The van der Waals surface area contributed by atoms with Gasteiger partial charge in [0.15, 0.2) is 0 Å². The van der Waals surface area contributed by atoms with Crippen LogP contribution in [0.4, 0.5) is 0 Å². The highest BCUT2D eigenvalue weighted by atomic mass is 16.2. The Morgan fingerprint density at radius 3 is 2.35 bits per heavy atom. The third-order valence-electron chi connectivity index (χ3n) is 4.22. The number of rotatable bonds is 3. The lowest BCUT2D eigenvalue weighted by molar-refractivity contribution is -0.145. The van der Waals surface area contributed by atoms with E-state index in [-0.39, 0.29) is 17.9 Å². The second-order valence-electron chi connectivity index (χ2n) is 5.74. The van der Waals surface area contributed by atoms with Gasteiger partial charge in [0.2, 0.25) is 11.8 Å². The summed E-state index contributed by atoms with van der Waals surface area (Å²) in [5.74, 6) is 0.249. The third kappa shape index (κ3) is 4.80. The Bertz CT molecular complexity index is 318. The van der Waals surface area contributed by atoms with Gasteiger partial charge < -0.3 is 9.80 Å². The lowest BCUT2D eigenvalue weighted by Gasteiger charge is -2.32. The zero-order chi connectivity index (χ0) is 15.0. The van der Waals surface area contributed by atoms with Crippen molar-refractivity contribution in [1.29, 1.82) is 0 Å². The molecule has 0 aromatic heterocycles. The molecule has 0 aliphatic carbocycles. The Balaban J connectivity index is 2.85. The van der Waals surface area contributed by atoms with Crippen LogP contribution in [0.2, 0.25) is 0 Å². The van der Waals surface area contributed by atoms with E-state index in [9.17, 15) is 9.59 Å². The second-order valence-corrected chi connectivity index (χ2v) is 5.74. The van der Waals surface area contributed by atoms with Gasteiger partial charge in [-0.1, -0.05) is 32.6 Å². The molecule has 1 saturated heterocycles. The Morgan fingerprint density at radius 2 is 1.70 bits per heavy atom. The van der Waals surface area contributed by atoms with E-state index in [2.05, 4.69) is 6.92 Å². The standard InChI is InChI=1S/C16H30N2O2/c1-4-11-14-16(20)18(5-2)13-10-8-6-7-9-12-15(19)17(14)3/h14H,4-13H2,1-3H3. The molecule has 1 unspecified atom stereocenters. The zero-order valence-corrected chi connectivity index (χ0v) is 13.4.